The van der Waals surface area contributed by atoms with Gasteiger partial charge in [0.2, 0.25) is 5.82 Å². The molecular weight excluding hydrogens is 456 g/mol. The zero-order valence-corrected chi connectivity index (χ0v) is 20.1. The molecule has 2 heterocycles. The summed E-state index contributed by atoms with van der Waals surface area (Å²) in [6.07, 6.45) is 0. The van der Waals surface area contributed by atoms with Crippen LogP contribution >= 0.6 is 12.4 Å². The van der Waals surface area contributed by atoms with Gasteiger partial charge in [0.05, 0.1) is 6.61 Å². The lowest BCUT2D eigenvalue weighted by Gasteiger charge is -2.20. The highest BCUT2D eigenvalue weighted by Gasteiger charge is 2.21. The van der Waals surface area contributed by atoms with Crippen molar-refractivity contribution in [2.24, 2.45) is 11.7 Å². The van der Waals surface area contributed by atoms with Crippen LogP contribution in [0.5, 0.6) is 0 Å². The van der Waals surface area contributed by atoms with Gasteiger partial charge in [0.15, 0.2) is 0 Å². The van der Waals surface area contributed by atoms with E-state index in [-0.39, 0.29) is 48.8 Å². The molecule has 4 aromatic rings. The summed E-state index contributed by atoms with van der Waals surface area (Å²) in [5.41, 5.74) is 9.33. The zero-order chi connectivity index (χ0) is 23.5. The molecule has 0 saturated carbocycles. The average molecular weight is 483 g/mol. The second-order valence-corrected chi connectivity index (χ2v) is 8.11. The minimum absolute atomic E-state index is 0. The third-order valence-corrected chi connectivity index (χ3v) is 5.32. The van der Waals surface area contributed by atoms with E-state index in [4.69, 9.17) is 15.0 Å². The van der Waals surface area contributed by atoms with E-state index >= 15 is 0 Å². The third kappa shape index (κ3) is 4.73. The highest BCUT2D eigenvalue weighted by atomic mass is 35.5. The number of nitrogens with two attached hydrogens (primary N) is 1. The molecule has 0 atom stereocenters. The van der Waals surface area contributed by atoms with E-state index in [1.807, 2.05) is 36.4 Å². The quantitative estimate of drug-likeness (QED) is 0.387. The summed E-state index contributed by atoms with van der Waals surface area (Å²) in [5.74, 6) is -0.386. The fourth-order valence-corrected chi connectivity index (χ4v) is 3.95. The Labute approximate surface area is 203 Å². The van der Waals surface area contributed by atoms with Crippen LogP contribution in [0, 0.1) is 5.92 Å². The summed E-state index contributed by atoms with van der Waals surface area (Å²) in [6.45, 7) is 6.82. The lowest BCUT2D eigenvalue weighted by atomic mass is 9.95. The first-order chi connectivity index (χ1) is 15.9. The minimum Gasteiger partial charge on any atom is -0.459 e. The number of esters is 1. The molecule has 0 saturated heterocycles. The first-order valence-electron chi connectivity index (χ1n) is 10.9. The first kappa shape index (κ1) is 25.1. The van der Waals surface area contributed by atoms with Gasteiger partial charge in [0.1, 0.15) is 0 Å². The van der Waals surface area contributed by atoms with Crippen molar-refractivity contribution < 1.29 is 14.1 Å². The van der Waals surface area contributed by atoms with Gasteiger partial charge in [0, 0.05) is 35.3 Å². The average Bonchev–Trinajstić information content (AvgIpc) is 3.31. The number of aromatic nitrogens is 3. The van der Waals surface area contributed by atoms with Crippen molar-refractivity contribution in [2.75, 3.05) is 6.61 Å². The molecule has 0 spiro atoms. The van der Waals surface area contributed by atoms with Gasteiger partial charge in [-0.3, -0.25) is 4.79 Å². The number of hydrogen-bond acceptors (Lipinski definition) is 7. The topological polar surface area (TPSA) is 113 Å². The molecule has 4 rings (SSSR count). The molecule has 178 valence electrons. The van der Waals surface area contributed by atoms with Crippen LogP contribution in [0.25, 0.3) is 33.3 Å². The van der Waals surface area contributed by atoms with E-state index in [2.05, 4.69) is 24.0 Å². The number of pyridine rings is 1. The molecule has 0 bridgehead atoms. The number of carbonyl (C=O) groups is 1. The van der Waals surface area contributed by atoms with Gasteiger partial charge in [0.25, 0.3) is 5.56 Å². The fourth-order valence-electron chi connectivity index (χ4n) is 3.95. The standard InChI is InChI=1S/C25H26N4O4.ClH/c1-4-32-25(31)23-27-22(28-33-23)17-10-11-18-19(12-17)21(16-8-6-5-7-9-16)20(13-26)29(24(18)30)14-15(2)3;/h5-12,15H,4,13-14,26H2,1-3H3;1H. The molecule has 34 heavy (non-hydrogen) atoms. The molecule has 2 aromatic heterocycles. The summed E-state index contributed by atoms with van der Waals surface area (Å²) in [7, 11) is 0. The second kappa shape index (κ2) is 10.6. The van der Waals surface area contributed by atoms with Gasteiger partial charge in [-0.05, 0) is 35.9 Å². The van der Waals surface area contributed by atoms with Gasteiger partial charge < -0.3 is 19.6 Å². The van der Waals surface area contributed by atoms with Gasteiger partial charge in [-0.25, -0.2) is 4.79 Å². The number of benzene rings is 2. The largest absolute Gasteiger partial charge is 0.459 e. The smallest absolute Gasteiger partial charge is 0.397 e. The lowest BCUT2D eigenvalue weighted by molar-refractivity contribution is 0.0470. The molecule has 0 radical (unpaired) electrons. The Balaban J connectivity index is 0.00000324. The number of hydrogen-bond donors (Lipinski definition) is 1. The molecule has 0 aliphatic rings. The lowest BCUT2D eigenvalue weighted by Crippen LogP contribution is -2.28. The summed E-state index contributed by atoms with van der Waals surface area (Å²) in [4.78, 5) is 29.5. The zero-order valence-electron chi connectivity index (χ0n) is 19.3. The molecule has 2 aromatic carbocycles. The van der Waals surface area contributed by atoms with Crippen LogP contribution in [-0.2, 0) is 17.8 Å². The van der Waals surface area contributed by atoms with Crippen LogP contribution in [0.2, 0.25) is 0 Å². The second-order valence-electron chi connectivity index (χ2n) is 8.11. The van der Waals surface area contributed by atoms with Gasteiger partial charge >= 0.3 is 11.9 Å². The molecule has 2 N–H and O–H groups in total. The van der Waals surface area contributed by atoms with Crippen molar-refractivity contribution in [3.05, 3.63) is 70.5 Å². The Bertz CT molecular complexity index is 1360. The molecule has 0 aliphatic heterocycles. The Morgan fingerprint density at radius 3 is 2.50 bits per heavy atom. The van der Waals surface area contributed by atoms with E-state index in [9.17, 15) is 9.59 Å². The minimum atomic E-state index is -0.677. The Morgan fingerprint density at radius 2 is 1.85 bits per heavy atom. The molecule has 0 amide bonds. The molecule has 0 unspecified atom stereocenters. The van der Waals surface area contributed by atoms with Crippen molar-refractivity contribution in [3.63, 3.8) is 0 Å². The fraction of sp³-hybridized carbons (Fsp3) is 0.280. The molecule has 8 nitrogen and oxygen atoms in total. The van der Waals surface area contributed by atoms with Gasteiger partial charge in [-0.1, -0.05) is 55.4 Å². The normalized spacial score (nSPS) is 11.0. The van der Waals surface area contributed by atoms with Crippen molar-refractivity contribution >= 4 is 29.1 Å². The number of nitrogens with zero attached hydrogens (tertiary/aromatic N) is 3. The predicted octanol–water partition coefficient (Wildman–Crippen LogP) is 4.43. The van der Waals surface area contributed by atoms with Crippen molar-refractivity contribution in [1.29, 1.82) is 0 Å². The first-order valence-corrected chi connectivity index (χ1v) is 10.9. The highest BCUT2D eigenvalue weighted by Crippen LogP contribution is 2.33. The van der Waals surface area contributed by atoms with Crippen LogP contribution in [0.4, 0.5) is 0 Å². The number of rotatable bonds is 7. The number of halogens is 1. The molecular formula is C25H27ClN4O4. The van der Waals surface area contributed by atoms with Crippen molar-refractivity contribution in [1.82, 2.24) is 14.7 Å². The summed E-state index contributed by atoms with van der Waals surface area (Å²) in [5, 5.41) is 5.24. The Hall–Kier alpha value is -3.49. The van der Waals surface area contributed by atoms with E-state index in [0.29, 0.717) is 17.5 Å². The van der Waals surface area contributed by atoms with Crippen molar-refractivity contribution in [3.8, 4) is 22.5 Å². The maximum atomic E-state index is 13.4. The third-order valence-electron chi connectivity index (χ3n) is 5.32. The van der Waals surface area contributed by atoms with Crippen molar-refractivity contribution in [2.45, 2.75) is 33.9 Å². The van der Waals surface area contributed by atoms with Gasteiger partial charge in [-0.2, -0.15) is 4.98 Å². The summed E-state index contributed by atoms with van der Waals surface area (Å²) in [6, 6.07) is 15.2. The molecule has 9 heteroatoms. The van der Waals surface area contributed by atoms with Gasteiger partial charge in [-0.15, -0.1) is 12.4 Å². The Kier molecular flexibility index (Phi) is 7.86. The predicted molar refractivity (Wildman–Crippen MR) is 133 cm³/mol. The number of carbonyl (C=O) groups excluding carboxylic acids is 1. The van der Waals surface area contributed by atoms with Crippen LogP contribution in [0.3, 0.4) is 0 Å². The van der Waals surface area contributed by atoms with Crippen LogP contribution in [0.15, 0.2) is 57.8 Å². The summed E-state index contributed by atoms with van der Waals surface area (Å²) >= 11 is 0. The molecule has 0 fully saturated rings. The Morgan fingerprint density at radius 1 is 1.12 bits per heavy atom. The van der Waals surface area contributed by atoms with E-state index in [1.165, 1.54) is 0 Å². The maximum Gasteiger partial charge on any atom is 0.397 e. The van der Waals surface area contributed by atoms with E-state index < -0.39 is 5.97 Å². The van der Waals surface area contributed by atoms with Crippen LogP contribution in [0.1, 0.15) is 37.2 Å². The summed E-state index contributed by atoms with van der Waals surface area (Å²) < 4.78 is 11.8. The van der Waals surface area contributed by atoms with E-state index in [0.717, 1.165) is 22.2 Å². The van der Waals surface area contributed by atoms with E-state index in [1.54, 1.807) is 23.6 Å². The molecule has 0 aliphatic carbocycles. The van der Waals surface area contributed by atoms with Crippen LogP contribution < -0.4 is 11.3 Å². The maximum absolute atomic E-state index is 13.4. The number of fused-ring (bicyclic) bond motifs is 1. The monoisotopic (exact) mass is 482 g/mol. The van der Waals surface area contributed by atoms with Crippen LogP contribution in [-0.4, -0.2) is 27.3 Å². The SMILES string of the molecule is CCOC(=O)c1nc(-c2ccc3c(=O)n(CC(C)C)c(CN)c(-c4ccccc4)c3c2)no1.Cl. The number of ether oxygens (including phenoxy) is 1. The highest BCUT2D eigenvalue weighted by molar-refractivity contribution is 5.99.